The lowest BCUT2D eigenvalue weighted by Gasteiger charge is -2.09. The van der Waals surface area contributed by atoms with Crippen LogP contribution in [-0.2, 0) is 6.54 Å². The quantitative estimate of drug-likeness (QED) is 0.751. The Morgan fingerprint density at radius 3 is 2.44 bits per heavy atom. The molecular formula is C15H17N. The third-order valence-electron chi connectivity index (χ3n) is 2.73. The summed E-state index contributed by atoms with van der Waals surface area (Å²) in [6.07, 6.45) is 1.93. The highest BCUT2D eigenvalue weighted by Crippen LogP contribution is 2.32. The molecule has 0 amide bonds. The van der Waals surface area contributed by atoms with Crippen LogP contribution >= 0.6 is 0 Å². The van der Waals surface area contributed by atoms with E-state index in [-0.39, 0.29) is 0 Å². The maximum absolute atomic E-state index is 3.88. The van der Waals surface area contributed by atoms with Crippen molar-refractivity contribution in [3.63, 3.8) is 0 Å². The SMILES string of the molecule is C=Cc1cc(CN(C)C)c2cccccc1-2. The zero-order valence-electron chi connectivity index (χ0n) is 9.90. The number of nitrogens with zero attached hydrogens (tertiary/aromatic N) is 1. The van der Waals surface area contributed by atoms with Crippen LogP contribution in [0.4, 0.5) is 0 Å². The number of hydrogen-bond acceptors (Lipinski definition) is 1. The van der Waals surface area contributed by atoms with Gasteiger partial charge in [0, 0.05) is 6.54 Å². The highest BCUT2D eigenvalue weighted by Gasteiger charge is 2.12. The van der Waals surface area contributed by atoms with E-state index >= 15 is 0 Å². The summed E-state index contributed by atoms with van der Waals surface area (Å²) in [6.45, 7) is 4.85. The molecule has 0 atom stereocenters. The van der Waals surface area contributed by atoms with Gasteiger partial charge in [0.25, 0.3) is 0 Å². The fourth-order valence-corrected chi connectivity index (χ4v) is 2.06. The molecule has 0 saturated carbocycles. The van der Waals surface area contributed by atoms with E-state index in [1.807, 2.05) is 6.08 Å². The lowest BCUT2D eigenvalue weighted by molar-refractivity contribution is 0.403. The zero-order chi connectivity index (χ0) is 11.5. The molecule has 0 spiro atoms. The molecule has 0 N–H and O–H groups in total. The zero-order valence-corrected chi connectivity index (χ0v) is 9.90. The summed E-state index contributed by atoms with van der Waals surface area (Å²) in [5.74, 6) is 0. The molecule has 0 heterocycles. The minimum atomic E-state index is 0.967. The average Bonchev–Trinajstić information content (AvgIpc) is 2.45. The van der Waals surface area contributed by atoms with E-state index in [1.165, 1.54) is 22.3 Å². The van der Waals surface area contributed by atoms with Gasteiger partial charge in [-0.25, -0.2) is 0 Å². The van der Waals surface area contributed by atoms with Gasteiger partial charge in [0.05, 0.1) is 0 Å². The van der Waals surface area contributed by atoms with Crippen LogP contribution in [-0.4, -0.2) is 19.0 Å². The summed E-state index contributed by atoms with van der Waals surface area (Å²) in [5, 5.41) is 0. The number of hydrogen-bond donors (Lipinski definition) is 0. The van der Waals surface area contributed by atoms with Crippen LogP contribution in [0.1, 0.15) is 11.1 Å². The second kappa shape index (κ2) is 4.50. The van der Waals surface area contributed by atoms with E-state index in [9.17, 15) is 0 Å². The Labute approximate surface area is 97.4 Å². The van der Waals surface area contributed by atoms with Crippen molar-refractivity contribution in [1.29, 1.82) is 0 Å². The normalized spacial score (nSPS) is 10.9. The Balaban J connectivity index is 2.56. The summed E-state index contributed by atoms with van der Waals surface area (Å²) >= 11 is 0. The molecule has 16 heavy (non-hydrogen) atoms. The van der Waals surface area contributed by atoms with E-state index < -0.39 is 0 Å². The minimum absolute atomic E-state index is 0.967. The molecular weight excluding hydrogens is 194 g/mol. The highest BCUT2D eigenvalue weighted by molar-refractivity contribution is 5.81. The fourth-order valence-electron chi connectivity index (χ4n) is 2.06. The summed E-state index contributed by atoms with van der Waals surface area (Å²) < 4.78 is 0. The molecule has 0 aromatic rings. The smallest absolute Gasteiger partial charge is 0.0234 e. The van der Waals surface area contributed by atoms with Crippen molar-refractivity contribution in [2.75, 3.05) is 14.1 Å². The number of fused-ring (bicyclic) bond motifs is 1. The van der Waals surface area contributed by atoms with Gasteiger partial charge in [-0.1, -0.05) is 43.0 Å². The summed E-state index contributed by atoms with van der Waals surface area (Å²) in [6, 6.07) is 12.8. The van der Waals surface area contributed by atoms with Crippen molar-refractivity contribution in [2.45, 2.75) is 6.54 Å². The van der Waals surface area contributed by atoms with Crippen molar-refractivity contribution < 1.29 is 0 Å². The van der Waals surface area contributed by atoms with Gasteiger partial charge in [0.2, 0.25) is 0 Å². The van der Waals surface area contributed by atoms with Gasteiger partial charge in [-0.15, -0.1) is 0 Å². The second-order valence-electron chi connectivity index (χ2n) is 4.30. The Hall–Kier alpha value is -1.60. The molecule has 2 rings (SSSR count). The van der Waals surface area contributed by atoms with Gasteiger partial charge in [-0.05, 0) is 42.4 Å². The molecule has 2 aliphatic carbocycles. The van der Waals surface area contributed by atoms with Crippen molar-refractivity contribution in [3.8, 4) is 11.1 Å². The fraction of sp³-hybridized carbons (Fsp3) is 0.200. The van der Waals surface area contributed by atoms with Crippen LogP contribution in [0.15, 0.2) is 43.0 Å². The van der Waals surface area contributed by atoms with Crippen LogP contribution in [0.3, 0.4) is 0 Å². The van der Waals surface area contributed by atoms with Gasteiger partial charge < -0.3 is 4.90 Å². The highest BCUT2D eigenvalue weighted by atomic mass is 15.0. The lowest BCUT2D eigenvalue weighted by atomic mass is 10.1. The van der Waals surface area contributed by atoms with Gasteiger partial charge in [0.15, 0.2) is 0 Å². The van der Waals surface area contributed by atoms with Gasteiger partial charge in [0.1, 0.15) is 0 Å². The van der Waals surface area contributed by atoms with Gasteiger partial charge in [-0.3, -0.25) is 0 Å². The van der Waals surface area contributed by atoms with Crippen LogP contribution in [0.2, 0.25) is 0 Å². The third kappa shape index (κ3) is 2.00. The van der Waals surface area contributed by atoms with Crippen molar-refractivity contribution in [3.05, 3.63) is 54.1 Å². The Bertz CT molecular complexity index is 471. The predicted molar refractivity (Wildman–Crippen MR) is 70.5 cm³/mol. The molecule has 0 bridgehead atoms. The van der Waals surface area contributed by atoms with Crippen molar-refractivity contribution in [2.24, 2.45) is 0 Å². The summed E-state index contributed by atoms with van der Waals surface area (Å²) in [5.41, 5.74) is 5.21. The third-order valence-corrected chi connectivity index (χ3v) is 2.73. The average molecular weight is 211 g/mol. The maximum atomic E-state index is 3.88. The summed E-state index contributed by atoms with van der Waals surface area (Å²) in [4.78, 5) is 2.19. The molecule has 0 saturated heterocycles. The molecule has 1 heteroatoms. The van der Waals surface area contributed by atoms with Crippen LogP contribution < -0.4 is 0 Å². The topological polar surface area (TPSA) is 3.24 Å². The molecule has 0 aliphatic heterocycles. The largest absolute Gasteiger partial charge is 0.305 e. The molecule has 2 aliphatic rings. The van der Waals surface area contributed by atoms with Gasteiger partial charge in [-0.2, -0.15) is 0 Å². The standard InChI is InChI=1S/C15H17N/c1-4-12-10-13(11-16(2)3)15-9-7-5-6-8-14(12)15/h4-10H,1,11H2,2-3H3. The van der Waals surface area contributed by atoms with Crippen molar-refractivity contribution in [1.82, 2.24) is 4.90 Å². The van der Waals surface area contributed by atoms with E-state index in [4.69, 9.17) is 0 Å². The minimum Gasteiger partial charge on any atom is -0.305 e. The maximum Gasteiger partial charge on any atom is 0.0234 e. The first kappa shape index (κ1) is 10.9. The molecule has 82 valence electrons. The summed E-state index contributed by atoms with van der Waals surface area (Å²) in [7, 11) is 4.19. The van der Waals surface area contributed by atoms with E-state index in [1.54, 1.807) is 0 Å². The first-order valence-corrected chi connectivity index (χ1v) is 5.50. The van der Waals surface area contributed by atoms with E-state index in [0.29, 0.717) is 0 Å². The molecule has 0 aromatic heterocycles. The van der Waals surface area contributed by atoms with Crippen LogP contribution in [0.5, 0.6) is 0 Å². The lowest BCUT2D eigenvalue weighted by Crippen LogP contribution is -2.10. The van der Waals surface area contributed by atoms with Crippen LogP contribution in [0.25, 0.3) is 17.2 Å². The molecule has 1 nitrogen and oxygen atoms in total. The molecule has 0 radical (unpaired) electrons. The molecule has 0 unspecified atom stereocenters. The Morgan fingerprint density at radius 2 is 1.81 bits per heavy atom. The Kier molecular flexibility index (Phi) is 3.07. The first-order chi connectivity index (χ1) is 7.72. The van der Waals surface area contributed by atoms with Gasteiger partial charge >= 0.3 is 0 Å². The predicted octanol–water partition coefficient (Wildman–Crippen LogP) is 3.50. The van der Waals surface area contributed by atoms with E-state index in [2.05, 4.69) is 62.0 Å². The first-order valence-electron chi connectivity index (χ1n) is 5.50. The Morgan fingerprint density at radius 1 is 1.12 bits per heavy atom. The monoisotopic (exact) mass is 211 g/mol. The second-order valence-corrected chi connectivity index (χ2v) is 4.30. The van der Waals surface area contributed by atoms with Crippen molar-refractivity contribution >= 4 is 6.08 Å². The molecule has 0 fully saturated rings. The van der Waals surface area contributed by atoms with Crippen LogP contribution in [0, 0.1) is 0 Å². The number of rotatable bonds is 3. The molecule has 0 aromatic carbocycles. The van der Waals surface area contributed by atoms with E-state index in [0.717, 1.165) is 6.54 Å².